The number of aryl methyl sites for hydroxylation is 2. The first-order chi connectivity index (χ1) is 12.1. The van der Waals surface area contributed by atoms with Crippen LogP contribution in [0.2, 0.25) is 0 Å². The standard InChI is InChI=1S/C22H23NO2/c1-16-12-13-17(2)23(16)18(3)21-11-7-8-19(14-21)15-25-22(24)20-9-5-4-6-10-20/h4-14,18H,15H2,1-3H3/t18-/m1/s1. The van der Waals surface area contributed by atoms with Crippen LogP contribution in [0.4, 0.5) is 0 Å². The van der Waals surface area contributed by atoms with Crippen molar-refractivity contribution in [2.75, 3.05) is 0 Å². The molecule has 0 bridgehead atoms. The molecule has 3 nitrogen and oxygen atoms in total. The van der Waals surface area contributed by atoms with Crippen molar-refractivity contribution in [1.82, 2.24) is 4.57 Å². The van der Waals surface area contributed by atoms with Gasteiger partial charge in [0.2, 0.25) is 0 Å². The lowest BCUT2D eigenvalue weighted by Gasteiger charge is -2.19. The van der Waals surface area contributed by atoms with Crippen LogP contribution in [0, 0.1) is 13.8 Å². The van der Waals surface area contributed by atoms with E-state index >= 15 is 0 Å². The molecule has 25 heavy (non-hydrogen) atoms. The predicted molar refractivity (Wildman–Crippen MR) is 99.7 cm³/mol. The summed E-state index contributed by atoms with van der Waals surface area (Å²) in [7, 11) is 0. The van der Waals surface area contributed by atoms with Crippen molar-refractivity contribution in [3.63, 3.8) is 0 Å². The van der Waals surface area contributed by atoms with E-state index in [-0.39, 0.29) is 18.6 Å². The molecule has 0 amide bonds. The molecule has 0 aliphatic heterocycles. The predicted octanol–water partition coefficient (Wildman–Crippen LogP) is 5.07. The largest absolute Gasteiger partial charge is 0.457 e. The molecule has 0 spiro atoms. The van der Waals surface area contributed by atoms with Gasteiger partial charge in [-0.25, -0.2) is 4.79 Å². The molecule has 0 fully saturated rings. The van der Waals surface area contributed by atoms with Gasteiger partial charge in [0, 0.05) is 11.4 Å². The molecule has 3 heteroatoms. The summed E-state index contributed by atoms with van der Waals surface area (Å²) in [6, 6.07) is 21.8. The van der Waals surface area contributed by atoms with Crippen LogP contribution >= 0.6 is 0 Å². The van der Waals surface area contributed by atoms with Crippen LogP contribution in [0.15, 0.2) is 66.7 Å². The normalized spacial score (nSPS) is 12.0. The van der Waals surface area contributed by atoms with E-state index in [9.17, 15) is 4.79 Å². The van der Waals surface area contributed by atoms with E-state index in [1.807, 2.05) is 30.3 Å². The van der Waals surface area contributed by atoms with Crippen molar-refractivity contribution in [2.24, 2.45) is 0 Å². The molecule has 1 atom stereocenters. The van der Waals surface area contributed by atoms with Gasteiger partial charge < -0.3 is 9.30 Å². The van der Waals surface area contributed by atoms with Crippen LogP contribution < -0.4 is 0 Å². The quantitative estimate of drug-likeness (QED) is 0.610. The molecule has 1 heterocycles. The van der Waals surface area contributed by atoms with E-state index in [0.29, 0.717) is 5.56 Å². The number of carbonyl (C=O) groups is 1. The third-order valence-electron chi connectivity index (χ3n) is 4.53. The minimum Gasteiger partial charge on any atom is -0.457 e. The first kappa shape index (κ1) is 17.0. The lowest BCUT2D eigenvalue weighted by molar-refractivity contribution is 0.0472. The number of rotatable bonds is 5. The van der Waals surface area contributed by atoms with Crippen LogP contribution in [0.25, 0.3) is 0 Å². The molecule has 3 rings (SSSR count). The maximum Gasteiger partial charge on any atom is 0.338 e. The molecule has 0 N–H and O–H groups in total. The van der Waals surface area contributed by atoms with Gasteiger partial charge in [-0.3, -0.25) is 0 Å². The van der Waals surface area contributed by atoms with Crippen molar-refractivity contribution in [3.05, 3.63) is 94.8 Å². The third kappa shape index (κ3) is 3.82. The van der Waals surface area contributed by atoms with Crippen molar-refractivity contribution in [1.29, 1.82) is 0 Å². The fraction of sp³-hybridized carbons (Fsp3) is 0.227. The first-order valence-corrected chi connectivity index (χ1v) is 8.51. The van der Waals surface area contributed by atoms with Crippen LogP contribution in [-0.2, 0) is 11.3 Å². The van der Waals surface area contributed by atoms with Gasteiger partial charge in [-0.1, -0.05) is 42.5 Å². The van der Waals surface area contributed by atoms with E-state index in [1.54, 1.807) is 12.1 Å². The molecular formula is C22H23NO2. The number of ether oxygens (including phenoxy) is 1. The average molecular weight is 333 g/mol. The Labute approximate surface area is 148 Å². The number of carbonyl (C=O) groups excluding carboxylic acids is 1. The smallest absolute Gasteiger partial charge is 0.338 e. The minimum atomic E-state index is -0.295. The van der Waals surface area contributed by atoms with Crippen molar-refractivity contribution in [3.8, 4) is 0 Å². The molecule has 0 saturated heterocycles. The highest BCUT2D eigenvalue weighted by Gasteiger charge is 2.13. The van der Waals surface area contributed by atoms with E-state index < -0.39 is 0 Å². The molecule has 0 aliphatic rings. The van der Waals surface area contributed by atoms with Crippen molar-refractivity contribution in [2.45, 2.75) is 33.4 Å². The summed E-state index contributed by atoms with van der Waals surface area (Å²) in [6.45, 7) is 6.71. The molecule has 2 aromatic carbocycles. The molecule has 0 aliphatic carbocycles. The van der Waals surface area contributed by atoms with Crippen LogP contribution in [0.1, 0.15) is 45.8 Å². The zero-order valence-corrected chi connectivity index (χ0v) is 14.9. The Hall–Kier alpha value is -2.81. The lowest BCUT2D eigenvalue weighted by atomic mass is 10.0. The summed E-state index contributed by atoms with van der Waals surface area (Å²) in [6.07, 6.45) is 0. The summed E-state index contributed by atoms with van der Waals surface area (Å²) < 4.78 is 7.76. The number of hydrogen-bond donors (Lipinski definition) is 0. The van der Waals surface area contributed by atoms with Gasteiger partial charge >= 0.3 is 5.97 Å². The Morgan fingerprint density at radius 1 is 0.960 bits per heavy atom. The summed E-state index contributed by atoms with van der Waals surface area (Å²) in [5, 5.41) is 0. The number of benzene rings is 2. The third-order valence-corrected chi connectivity index (χ3v) is 4.53. The zero-order valence-electron chi connectivity index (χ0n) is 14.9. The highest BCUT2D eigenvalue weighted by atomic mass is 16.5. The molecule has 128 valence electrons. The van der Waals surface area contributed by atoms with E-state index in [4.69, 9.17) is 4.74 Å². The number of hydrogen-bond acceptors (Lipinski definition) is 2. The molecule has 0 radical (unpaired) electrons. The number of esters is 1. The fourth-order valence-corrected chi connectivity index (χ4v) is 3.19. The molecule has 0 saturated carbocycles. The monoisotopic (exact) mass is 333 g/mol. The number of nitrogens with zero attached hydrogens (tertiary/aromatic N) is 1. The SMILES string of the molecule is Cc1ccc(C)n1[C@H](C)c1cccc(COC(=O)c2ccccc2)c1. The highest BCUT2D eigenvalue weighted by molar-refractivity contribution is 5.89. The van der Waals surface area contributed by atoms with E-state index in [0.717, 1.165) is 5.56 Å². The summed E-state index contributed by atoms with van der Waals surface area (Å²) >= 11 is 0. The fourth-order valence-electron chi connectivity index (χ4n) is 3.19. The second kappa shape index (κ2) is 7.39. The maximum atomic E-state index is 12.1. The second-order valence-electron chi connectivity index (χ2n) is 6.35. The van der Waals surface area contributed by atoms with Gasteiger partial charge in [0.1, 0.15) is 6.61 Å². The summed E-state index contributed by atoms with van der Waals surface area (Å²) in [5.41, 5.74) is 5.26. The van der Waals surface area contributed by atoms with Gasteiger partial charge in [-0.15, -0.1) is 0 Å². The van der Waals surface area contributed by atoms with Gasteiger partial charge in [-0.05, 0) is 56.2 Å². The van der Waals surface area contributed by atoms with Gasteiger partial charge in [-0.2, -0.15) is 0 Å². The van der Waals surface area contributed by atoms with Crippen molar-refractivity contribution < 1.29 is 9.53 Å². The molecule has 3 aromatic rings. The number of aromatic nitrogens is 1. The summed E-state index contributed by atoms with van der Waals surface area (Å²) in [5.74, 6) is -0.295. The van der Waals surface area contributed by atoms with Gasteiger partial charge in [0.05, 0.1) is 11.6 Å². The molecule has 0 unspecified atom stereocenters. The Morgan fingerprint density at radius 2 is 1.64 bits per heavy atom. The summed E-state index contributed by atoms with van der Waals surface area (Å²) in [4.78, 5) is 12.1. The second-order valence-corrected chi connectivity index (χ2v) is 6.35. The van der Waals surface area contributed by atoms with Gasteiger partial charge in [0.15, 0.2) is 0 Å². The van der Waals surface area contributed by atoms with Crippen LogP contribution in [-0.4, -0.2) is 10.5 Å². The van der Waals surface area contributed by atoms with E-state index in [2.05, 4.69) is 49.6 Å². The Bertz CT molecular complexity index is 845. The Kier molecular flexibility index (Phi) is 5.03. The first-order valence-electron chi connectivity index (χ1n) is 8.51. The Balaban J connectivity index is 1.73. The zero-order chi connectivity index (χ0) is 17.8. The highest BCUT2D eigenvalue weighted by Crippen LogP contribution is 2.23. The van der Waals surface area contributed by atoms with Gasteiger partial charge in [0.25, 0.3) is 0 Å². The van der Waals surface area contributed by atoms with Crippen molar-refractivity contribution >= 4 is 5.97 Å². The molecular weight excluding hydrogens is 310 g/mol. The van der Waals surface area contributed by atoms with Crippen LogP contribution in [0.3, 0.4) is 0 Å². The maximum absolute atomic E-state index is 12.1. The minimum absolute atomic E-state index is 0.236. The lowest BCUT2D eigenvalue weighted by Crippen LogP contribution is -2.10. The topological polar surface area (TPSA) is 31.2 Å². The van der Waals surface area contributed by atoms with E-state index in [1.165, 1.54) is 17.0 Å². The average Bonchev–Trinajstić information content (AvgIpc) is 2.98. The Morgan fingerprint density at radius 3 is 2.32 bits per heavy atom. The van der Waals surface area contributed by atoms with Crippen LogP contribution in [0.5, 0.6) is 0 Å². The molecule has 1 aromatic heterocycles.